The summed E-state index contributed by atoms with van der Waals surface area (Å²) in [6, 6.07) is 1.80. The van der Waals surface area contributed by atoms with Gasteiger partial charge in [-0.05, 0) is 6.07 Å². The molecule has 0 unspecified atom stereocenters. The lowest BCUT2D eigenvalue weighted by atomic mass is 10.2. The number of carbonyl (C=O) groups excluding carboxylic acids is 1. The van der Waals surface area contributed by atoms with Gasteiger partial charge >= 0.3 is 5.97 Å². The second kappa shape index (κ2) is 3.27. The van der Waals surface area contributed by atoms with Crippen molar-refractivity contribution in [2.45, 2.75) is 0 Å². The van der Waals surface area contributed by atoms with Crippen LogP contribution in [0.3, 0.4) is 0 Å². The number of rotatable bonds is 1. The summed E-state index contributed by atoms with van der Waals surface area (Å²) in [5.41, 5.74) is 7.04. The number of pyridine rings is 1. The molecule has 0 spiro atoms. The number of anilines is 1. The maximum Gasteiger partial charge on any atom is 0.340 e. The first-order valence-electron chi connectivity index (χ1n) is 4.43. The molecule has 2 aromatic heterocycles. The van der Waals surface area contributed by atoms with Crippen molar-refractivity contribution >= 4 is 22.7 Å². The number of hydrogen-bond acceptors (Lipinski definition) is 4. The van der Waals surface area contributed by atoms with Crippen LogP contribution in [0, 0.1) is 0 Å². The second-order valence-corrected chi connectivity index (χ2v) is 3.24. The smallest absolute Gasteiger partial charge is 0.340 e. The van der Waals surface area contributed by atoms with Crippen LogP contribution in [0.25, 0.3) is 10.9 Å². The molecule has 2 N–H and O–H groups in total. The number of nitrogen functional groups attached to an aromatic ring is 1. The summed E-state index contributed by atoms with van der Waals surface area (Å²) >= 11 is 0. The van der Waals surface area contributed by atoms with Gasteiger partial charge in [0.2, 0.25) is 0 Å². The molecule has 0 amide bonds. The highest BCUT2D eigenvalue weighted by molar-refractivity contribution is 6.08. The summed E-state index contributed by atoms with van der Waals surface area (Å²) in [6.07, 6.45) is 3.30. The number of nitrogens with zero attached hydrogens (tertiary/aromatic N) is 2. The number of fused-ring (bicyclic) bond motifs is 1. The van der Waals surface area contributed by atoms with Crippen LogP contribution in [-0.4, -0.2) is 22.6 Å². The summed E-state index contributed by atoms with van der Waals surface area (Å²) in [5, 5.41) is 0.645. The molecule has 2 aromatic rings. The third-order valence-corrected chi connectivity index (χ3v) is 2.34. The molecule has 0 fully saturated rings. The van der Waals surface area contributed by atoms with E-state index in [9.17, 15) is 4.79 Å². The van der Waals surface area contributed by atoms with Crippen LogP contribution in [0.4, 0.5) is 5.82 Å². The highest BCUT2D eigenvalue weighted by Gasteiger charge is 2.16. The molecule has 0 aromatic carbocycles. The average Bonchev–Trinajstić information content (AvgIpc) is 2.57. The van der Waals surface area contributed by atoms with Gasteiger partial charge in [0.05, 0.1) is 23.6 Å². The van der Waals surface area contributed by atoms with Crippen molar-refractivity contribution in [3.05, 3.63) is 24.0 Å². The van der Waals surface area contributed by atoms with E-state index in [0.29, 0.717) is 16.8 Å². The van der Waals surface area contributed by atoms with Crippen LogP contribution in [0.5, 0.6) is 0 Å². The SMILES string of the molecule is COC(=O)c1cn(C)c2ccnc(N)c12. The first-order valence-corrected chi connectivity index (χ1v) is 4.43. The fraction of sp³-hybridized carbons (Fsp3) is 0.200. The normalized spacial score (nSPS) is 10.5. The van der Waals surface area contributed by atoms with Crippen molar-refractivity contribution < 1.29 is 9.53 Å². The van der Waals surface area contributed by atoms with Crippen LogP contribution in [-0.2, 0) is 11.8 Å². The lowest BCUT2D eigenvalue weighted by molar-refractivity contribution is 0.0603. The molecular weight excluding hydrogens is 194 g/mol. The Morgan fingerprint density at radius 1 is 1.60 bits per heavy atom. The predicted octanol–water partition coefficient (Wildman–Crippen LogP) is 0.942. The number of ether oxygens (including phenoxy) is 1. The van der Waals surface area contributed by atoms with Gasteiger partial charge in [0, 0.05) is 19.4 Å². The van der Waals surface area contributed by atoms with Crippen molar-refractivity contribution in [2.24, 2.45) is 7.05 Å². The molecule has 15 heavy (non-hydrogen) atoms. The number of esters is 1. The first kappa shape index (κ1) is 9.51. The van der Waals surface area contributed by atoms with Gasteiger partial charge in [-0.15, -0.1) is 0 Å². The number of aromatic nitrogens is 2. The molecule has 0 radical (unpaired) electrons. The van der Waals surface area contributed by atoms with Crippen LogP contribution in [0.2, 0.25) is 0 Å². The van der Waals surface area contributed by atoms with Crippen molar-refractivity contribution in [3.63, 3.8) is 0 Å². The largest absolute Gasteiger partial charge is 0.465 e. The minimum atomic E-state index is -0.403. The van der Waals surface area contributed by atoms with E-state index in [2.05, 4.69) is 9.72 Å². The van der Waals surface area contributed by atoms with Gasteiger partial charge < -0.3 is 15.0 Å². The van der Waals surface area contributed by atoms with Gasteiger partial charge in [-0.1, -0.05) is 0 Å². The van der Waals surface area contributed by atoms with Gasteiger partial charge in [0.15, 0.2) is 0 Å². The van der Waals surface area contributed by atoms with Gasteiger partial charge in [-0.25, -0.2) is 9.78 Å². The molecule has 0 atom stereocenters. The summed E-state index contributed by atoms with van der Waals surface area (Å²) in [6.45, 7) is 0. The molecule has 2 heterocycles. The maximum absolute atomic E-state index is 11.5. The zero-order valence-corrected chi connectivity index (χ0v) is 8.52. The lowest BCUT2D eigenvalue weighted by Crippen LogP contribution is -2.01. The van der Waals surface area contributed by atoms with Crippen LogP contribution < -0.4 is 5.73 Å². The van der Waals surface area contributed by atoms with Crippen LogP contribution >= 0.6 is 0 Å². The van der Waals surface area contributed by atoms with Crippen molar-refractivity contribution in [3.8, 4) is 0 Å². The third-order valence-electron chi connectivity index (χ3n) is 2.34. The number of aryl methyl sites for hydroxylation is 1. The predicted molar refractivity (Wildman–Crippen MR) is 56.5 cm³/mol. The molecule has 0 bridgehead atoms. The Morgan fingerprint density at radius 2 is 2.33 bits per heavy atom. The summed E-state index contributed by atoms with van der Waals surface area (Å²) < 4.78 is 6.50. The molecule has 5 heteroatoms. The van der Waals surface area contributed by atoms with Gasteiger partial charge in [-0.3, -0.25) is 0 Å². The Hall–Kier alpha value is -2.04. The molecule has 2 rings (SSSR count). The van der Waals surface area contributed by atoms with E-state index in [1.54, 1.807) is 18.5 Å². The molecule has 5 nitrogen and oxygen atoms in total. The highest BCUT2D eigenvalue weighted by Crippen LogP contribution is 2.24. The first-order chi connectivity index (χ1) is 7.15. The lowest BCUT2D eigenvalue weighted by Gasteiger charge is -1.99. The maximum atomic E-state index is 11.5. The fourth-order valence-electron chi connectivity index (χ4n) is 1.63. The Balaban J connectivity index is 2.81. The highest BCUT2D eigenvalue weighted by atomic mass is 16.5. The van der Waals surface area contributed by atoms with Crippen LogP contribution in [0.15, 0.2) is 18.5 Å². The van der Waals surface area contributed by atoms with E-state index in [-0.39, 0.29) is 0 Å². The topological polar surface area (TPSA) is 70.1 Å². The Morgan fingerprint density at radius 3 is 3.00 bits per heavy atom. The Kier molecular flexibility index (Phi) is 2.07. The zero-order valence-electron chi connectivity index (χ0n) is 8.52. The zero-order chi connectivity index (χ0) is 11.0. The summed E-state index contributed by atoms with van der Waals surface area (Å²) in [5.74, 6) is -0.0613. The van der Waals surface area contributed by atoms with Crippen molar-refractivity contribution in [1.29, 1.82) is 0 Å². The van der Waals surface area contributed by atoms with E-state index in [1.165, 1.54) is 7.11 Å². The minimum Gasteiger partial charge on any atom is -0.465 e. The fourth-order valence-corrected chi connectivity index (χ4v) is 1.63. The molecule has 0 saturated carbocycles. The second-order valence-electron chi connectivity index (χ2n) is 3.24. The number of nitrogens with two attached hydrogens (primary N) is 1. The van der Waals surface area contributed by atoms with E-state index < -0.39 is 5.97 Å². The standard InChI is InChI=1S/C10H11N3O2/c1-13-5-6(10(14)15-2)8-7(13)3-4-12-9(8)11/h3-5H,1-2H3,(H2,11,12). The van der Waals surface area contributed by atoms with E-state index in [4.69, 9.17) is 5.73 Å². The number of carbonyl (C=O) groups is 1. The molecule has 0 saturated heterocycles. The number of hydrogen-bond donors (Lipinski definition) is 1. The molecule has 0 aliphatic carbocycles. The monoisotopic (exact) mass is 205 g/mol. The van der Waals surface area contributed by atoms with E-state index >= 15 is 0 Å². The average molecular weight is 205 g/mol. The van der Waals surface area contributed by atoms with Crippen LogP contribution in [0.1, 0.15) is 10.4 Å². The molecule has 0 aliphatic heterocycles. The van der Waals surface area contributed by atoms with Gasteiger partial charge in [-0.2, -0.15) is 0 Å². The minimum absolute atomic E-state index is 0.341. The molecular formula is C10H11N3O2. The molecule has 0 aliphatic rings. The van der Waals surface area contributed by atoms with E-state index in [0.717, 1.165) is 5.52 Å². The Bertz CT molecular complexity index is 531. The summed E-state index contributed by atoms with van der Waals surface area (Å²) in [7, 11) is 3.18. The number of methoxy groups -OCH3 is 1. The van der Waals surface area contributed by atoms with Gasteiger partial charge in [0.25, 0.3) is 0 Å². The van der Waals surface area contributed by atoms with Gasteiger partial charge in [0.1, 0.15) is 5.82 Å². The quantitative estimate of drug-likeness (QED) is 0.703. The third kappa shape index (κ3) is 1.32. The van der Waals surface area contributed by atoms with E-state index in [1.807, 2.05) is 11.6 Å². The van der Waals surface area contributed by atoms with Crippen molar-refractivity contribution in [2.75, 3.05) is 12.8 Å². The Labute approximate surface area is 86.5 Å². The molecule has 78 valence electrons. The summed E-state index contributed by atoms with van der Waals surface area (Å²) in [4.78, 5) is 15.4. The van der Waals surface area contributed by atoms with Crippen molar-refractivity contribution in [1.82, 2.24) is 9.55 Å².